The standard InChI is InChI=1S/C25H25BrN2O3/c1-3-14-27-22(16-19-10-12-21(26)13-11-19)24(29)28(15-4-2)23(25(27)30)18-31-17-20-8-6-5-7-9-20/h2-3,5-13,22-23H,1,14-18H2/t22-,23-/m0/s1. The van der Waals surface area contributed by atoms with Gasteiger partial charge in [0.15, 0.2) is 0 Å². The van der Waals surface area contributed by atoms with Crippen molar-refractivity contribution in [3.05, 3.63) is 82.9 Å². The second-order valence-electron chi connectivity index (χ2n) is 7.31. The number of ether oxygens (including phenoxy) is 1. The van der Waals surface area contributed by atoms with E-state index in [0.717, 1.165) is 15.6 Å². The van der Waals surface area contributed by atoms with E-state index in [2.05, 4.69) is 28.4 Å². The number of amides is 2. The number of carbonyl (C=O) groups is 2. The molecule has 0 aromatic heterocycles. The summed E-state index contributed by atoms with van der Waals surface area (Å²) in [6.45, 7) is 4.54. The molecule has 0 unspecified atom stereocenters. The molecule has 2 aromatic carbocycles. The van der Waals surface area contributed by atoms with E-state index in [1.807, 2.05) is 54.6 Å². The third kappa shape index (κ3) is 5.63. The third-order valence-electron chi connectivity index (χ3n) is 5.21. The minimum Gasteiger partial charge on any atom is -0.374 e. The van der Waals surface area contributed by atoms with Crippen LogP contribution in [-0.2, 0) is 27.4 Å². The number of terminal acetylenes is 1. The summed E-state index contributed by atoms with van der Waals surface area (Å²) < 4.78 is 6.76. The predicted molar refractivity (Wildman–Crippen MR) is 124 cm³/mol. The Morgan fingerprint density at radius 1 is 1.00 bits per heavy atom. The van der Waals surface area contributed by atoms with Gasteiger partial charge in [0, 0.05) is 17.4 Å². The molecule has 2 amide bonds. The maximum Gasteiger partial charge on any atom is 0.248 e. The van der Waals surface area contributed by atoms with Crippen LogP contribution in [0, 0.1) is 12.3 Å². The molecule has 0 spiro atoms. The Hall–Kier alpha value is -2.88. The Morgan fingerprint density at radius 2 is 1.68 bits per heavy atom. The van der Waals surface area contributed by atoms with Crippen molar-refractivity contribution in [2.75, 3.05) is 19.7 Å². The van der Waals surface area contributed by atoms with Gasteiger partial charge in [-0.05, 0) is 23.3 Å². The van der Waals surface area contributed by atoms with E-state index in [9.17, 15) is 9.59 Å². The van der Waals surface area contributed by atoms with Gasteiger partial charge in [-0.15, -0.1) is 13.0 Å². The van der Waals surface area contributed by atoms with Crippen molar-refractivity contribution in [3.8, 4) is 12.3 Å². The minimum atomic E-state index is -0.756. The summed E-state index contributed by atoms with van der Waals surface area (Å²) in [4.78, 5) is 29.8. The van der Waals surface area contributed by atoms with E-state index in [1.54, 1.807) is 11.0 Å². The zero-order chi connectivity index (χ0) is 22.2. The summed E-state index contributed by atoms with van der Waals surface area (Å²) in [5.41, 5.74) is 1.96. The van der Waals surface area contributed by atoms with E-state index < -0.39 is 12.1 Å². The van der Waals surface area contributed by atoms with Gasteiger partial charge in [-0.25, -0.2) is 0 Å². The van der Waals surface area contributed by atoms with Crippen LogP contribution in [-0.4, -0.2) is 53.4 Å². The summed E-state index contributed by atoms with van der Waals surface area (Å²) in [5.74, 6) is 2.17. The summed E-state index contributed by atoms with van der Waals surface area (Å²) in [6.07, 6.45) is 7.57. The van der Waals surface area contributed by atoms with E-state index in [1.165, 1.54) is 4.90 Å². The van der Waals surface area contributed by atoms with Crippen molar-refractivity contribution < 1.29 is 14.3 Å². The number of rotatable bonds is 9. The quantitative estimate of drug-likeness (QED) is 0.408. The van der Waals surface area contributed by atoms with Crippen LogP contribution in [0.25, 0.3) is 0 Å². The molecule has 0 radical (unpaired) electrons. The number of nitrogens with zero attached hydrogens (tertiary/aromatic N) is 2. The lowest BCUT2D eigenvalue weighted by Gasteiger charge is -2.44. The van der Waals surface area contributed by atoms with Crippen molar-refractivity contribution in [3.63, 3.8) is 0 Å². The van der Waals surface area contributed by atoms with Crippen LogP contribution in [0.15, 0.2) is 71.7 Å². The summed E-state index contributed by atoms with van der Waals surface area (Å²) in [6, 6.07) is 16.0. The first kappa shape index (κ1) is 22.8. The van der Waals surface area contributed by atoms with E-state index >= 15 is 0 Å². The van der Waals surface area contributed by atoms with Gasteiger partial charge < -0.3 is 14.5 Å². The van der Waals surface area contributed by atoms with Crippen LogP contribution in [0.3, 0.4) is 0 Å². The first-order chi connectivity index (χ1) is 15.0. The number of hydrogen-bond acceptors (Lipinski definition) is 3. The second kappa shape index (κ2) is 10.9. The number of benzene rings is 2. The highest BCUT2D eigenvalue weighted by Gasteiger charge is 2.45. The van der Waals surface area contributed by atoms with Crippen LogP contribution >= 0.6 is 15.9 Å². The molecule has 2 atom stereocenters. The first-order valence-electron chi connectivity index (χ1n) is 10.1. The molecule has 160 valence electrons. The highest BCUT2D eigenvalue weighted by molar-refractivity contribution is 9.10. The first-order valence-corrected chi connectivity index (χ1v) is 10.9. The Morgan fingerprint density at radius 3 is 2.32 bits per heavy atom. The molecule has 5 nitrogen and oxygen atoms in total. The highest BCUT2D eigenvalue weighted by atomic mass is 79.9. The Bertz CT molecular complexity index is 953. The van der Waals surface area contributed by atoms with Crippen molar-refractivity contribution in [2.24, 2.45) is 0 Å². The monoisotopic (exact) mass is 480 g/mol. The number of carbonyl (C=O) groups excluding carboxylic acids is 2. The van der Waals surface area contributed by atoms with Gasteiger partial charge >= 0.3 is 0 Å². The molecule has 6 heteroatoms. The Balaban J connectivity index is 1.79. The van der Waals surface area contributed by atoms with E-state index in [-0.39, 0.29) is 31.5 Å². The fourth-order valence-corrected chi connectivity index (χ4v) is 3.93. The molecule has 0 N–H and O–H groups in total. The van der Waals surface area contributed by atoms with Crippen LogP contribution in [0.2, 0.25) is 0 Å². The maximum atomic E-state index is 13.4. The Kier molecular flexibility index (Phi) is 8.05. The molecule has 2 aromatic rings. The molecule has 0 aliphatic carbocycles. The molecule has 1 aliphatic heterocycles. The lowest BCUT2D eigenvalue weighted by molar-refractivity contribution is -0.163. The number of piperazine rings is 1. The average molecular weight is 481 g/mol. The molecule has 31 heavy (non-hydrogen) atoms. The lowest BCUT2D eigenvalue weighted by atomic mass is 9.98. The molecule has 1 fully saturated rings. The molecule has 0 saturated carbocycles. The normalized spacial score (nSPS) is 18.7. The minimum absolute atomic E-state index is 0.0582. The molecular formula is C25H25BrN2O3. The zero-order valence-corrected chi connectivity index (χ0v) is 18.8. The fraction of sp³-hybridized carbons (Fsp3) is 0.280. The largest absolute Gasteiger partial charge is 0.374 e. The van der Waals surface area contributed by atoms with Crippen molar-refractivity contribution in [1.82, 2.24) is 9.80 Å². The molecule has 1 aliphatic rings. The van der Waals surface area contributed by atoms with Crippen molar-refractivity contribution in [2.45, 2.75) is 25.1 Å². The fourth-order valence-electron chi connectivity index (χ4n) is 3.66. The zero-order valence-electron chi connectivity index (χ0n) is 17.2. The third-order valence-corrected chi connectivity index (χ3v) is 5.73. The summed E-state index contributed by atoms with van der Waals surface area (Å²) in [7, 11) is 0. The molecule has 0 bridgehead atoms. The van der Waals surface area contributed by atoms with Crippen LogP contribution in [0.1, 0.15) is 11.1 Å². The molecule has 1 saturated heterocycles. The van der Waals surface area contributed by atoms with E-state index in [4.69, 9.17) is 11.2 Å². The summed E-state index contributed by atoms with van der Waals surface area (Å²) >= 11 is 3.42. The van der Waals surface area contributed by atoms with Crippen LogP contribution in [0.4, 0.5) is 0 Å². The van der Waals surface area contributed by atoms with Gasteiger partial charge in [0.1, 0.15) is 12.1 Å². The van der Waals surface area contributed by atoms with Crippen LogP contribution < -0.4 is 0 Å². The molecular weight excluding hydrogens is 456 g/mol. The van der Waals surface area contributed by atoms with Crippen molar-refractivity contribution >= 4 is 27.7 Å². The SMILES string of the molecule is C#CCN1C(=O)[C@H](Cc2ccc(Br)cc2)N(CC=C)C(=O)[C@@H]1COCc1ccccc1. The van der Waals surface area contributed by atoms with E-state index in [0.29, 0.717) is 13.0 Å². The predicted octanol–water partition coefficient (Wildman–Crippen LogP) is 3.44. The molecule has 1 heterocycles. The van der Waals surface area contributed by atoms with Gasteiger partial charge in [0.05, 0.1) is 19.8 Å². The highest BCUT2D eigenvalue weighted by Crippen LogP contribution is 2.23. The number of halogens is 1. The second-order valence-corrected chi connectivity index (χ2v) is 8.23. The molecule has 3 rings (SSSR count). The topological polar surface area (TPSA) is 49.9 Å². The lowest BCUT2D eigenvalue weighted by Crippen LogP contribution is -2.66. The van der Waals surface area contributed by atoms with Crippen LogP contribution in [0.5, 0.6) is 0 Å². The number of hydrogen-bond donors (Lipinski definition) is 0. The Labute approximate surface area is 191 Å². The average Bonchev–Trinajstić information content (AvgIpc) is 2.78. The van der Waals surface area contributed by atoms with Gasteiger partial charge in [0.25, 0.3) is 0 Å². The van der Waals surface area contributed by atoms with Gasteiger partial charge in [-0.3, -0.25) is 9.59 Å². The summed E-state index contributed by atoms with van der Waals surface area (Å²) in [5, 5.41) is 0. The van der Waals surface area contributed by atoms with Crippen molar-refractivity contribution in [1.29, 1.82) is 0 Å². The van der Waals surface area contributed by atoms with Gasteiger partial charge in [0.2, 0.25) is 11.8 Å². The smallest absolute Gasteiger partial charge is 0.248 e. The maximum absolute atomic E-state index is 13.4. The van der Waals surface area contributed by atoms with Gasteiger partial charge in [-0.2, -0.15) is 0 Å². The van der Waals surface area contributed by atoms with Gasteiger partial charge in [-0.1, -0.05) is 70.4 Å².